The van der Waals surface area contributed by atoms with Crippen LogP contribution < -0.4 is 0 Å². The molecule has 0 bridgehead atoms. The summed E-state index contributed by atoms with van der Waals surface area (Å²) in [6.07, 6.45) is 15.8. The third kappa shape index (κ3) is 6.59. The minimum atomic E-state index is 0.231. The van der Waals surface area contributed by atoms with Crippen molar-refractivity contribution in [2.75, 3.05) is 0 Å². The van der Waals surface area contributed by atoms with Gasteiger partial charge in [0, 0.05) is 27.9 Å². The van der Waals surface area contributed by atoms with Crippen LogP contribution in [0.4, 0.5) is 0 Å². The zero-order valence-corrected chi connectivity index (χ0v) is 34.9. The molecule has 0 amide bonds. The average molecular weight is 774 g/mol. The van der Waals surface area contributed by atoms with Gasteiger partial charge in [0.1, 0.15) is 0 Å². The molecule has 1 nitrogen and oxygen atoms in total. The van der Waals surface area contributed by atoms with Gasteiger partial charge in [-0.15, -0.1) is 0 Å². The maximum absolute atomic E-state index is 2.61. The third-order valence-corrected chi connectivity index (χ3v) is 12.8. The number of benzene rings is 7. The molecule has 0 aliphatic heterocycles. The Morgan fingerprint density at radius 2 is 1.33 bits per heavy atom. The van der Waals surface area contributed by atoms with E-state index in [1.165, 1.54) is 99.8 Å². The highest BCUT2D eigenvalue weighted by atomic mass is 15.0. The normalized spacial score (nSPS) is 16.3. The molecule has 0 radical (unpaired) electrons. The van der Waals surface area contributed by atoms with Crippen molar-refractivity contribution in [3.63, 3.8) is 0 Å². The number of hydrogen-bond acceptors (Lipinski definition) is 0. The molecule has 2 unspecified atom stereocenters. The van der Waals surface area contributed by atoms with Crippen molar-refractivity contribution in [3.8, 4) is 39.1 Å². The first-order chi connectivity index (χ1) is 29.6. The van der Waals surface area contributed by atoms with Crippen LogP contribution in [-0.2, 0) is 6.42 Å². The summed E-state index contributed by atoms with van der Waals surface area (Å²) in [7, 11) is 0. The molecule has 1 aromatic heterocycles. The van der Waals surface area contributed by atoms with Crippen LogP contribution >= 0.6 is 0 Å². The summed E-state index contributed by atoms with van der Waals surface area (Å²) >= 11 is 0. The van der Waals surface area contributed by atoms with E-state index in [0.29, 0.717) is 5.92 Å². The fraction of sp³-hybridized carbons (Fsp3) is 0.153. The number of aryl methyl sites for hydroxylation is 1. The topological polar surface area (TPSA) is 4.93 Å². The van der Waals surface area contributed by atoms with Crippen LogP contribution in [0.15, 0.2) is 200 Å². The minimum absolute atomic E-state index is 0.231. The standard InChI is InChI=1S/C59H51N/c1-4-6-21-42(5-2)47-29-19-30-48(39-47)60-53-32-17-16-31-51(53)57-55(45-26-14-9-15-27-45)54(44-24-12-8-13-25-44)56-50(49-35-33-40(3)37-52(49)58(56)59(57)60)36-34-41-20-18-28-46(38-41)43-22-10-7-11-23-43/h4,6-32,35,37-40,50H,5,33-34,36H2,1-3H3/b6-4-,42-21+. The molecule has 10 rings (SSSR count). The molecule has 0 N–H and O–H groups in total. The van der Waals surface area contributed by atoms with E-state index in [2.05, 4.69) is 220 Å². The van der Waals surface area contributed by atoms with E-state index in [4.69, 9.17) is 0 Å². The van der Waals surface area contributed by atoms with E-state index in [1.807, 2.05) is 0 Å². The molecule has 1 heterocycles. The van der Waals surface area contributed by atoms with Crippen molar-refractivity contribution in [2.24, 2.45) is 5.92 Å². The highest BCUT2D eigenvalue weighted by Gasteiger charge is 2.40. The summed E-state index contributed by atoms with van der Waals surface area (Å²) in [6, 6.07) is 60.9. The summed E-state index contributed by atoms with van der Waals surface area (Å²) in [5.41, 5.74) is 21.3. The SMILES string of the molecule is C/C=C\C=C(/CC)c1cccc(-n2c3ccccc3c3c(-c4ccccc4)c(-c4ccccc4)c4c(c32)C2=CC(C)CC=C2C4CCc2cccc(-c3ccccc3)c2)c1. The Morgan fingerprint density at radius 3 is 2.07 bits per heavy atom. The molecule has 292 valence electrons. The molecule has 7 aromatic carbocycles. The Morgan fingerprint density at radius 1 is 0.667 bits per heavy atom. The van der Waals surface area contributed by atoms with Gasteiger partial charge in [-0.3, -0.25) is 0 Å². The summed E-state index contributed by atoms with van der Waals surface area (Å²) in [5.74, 6) is 0.682. The minimum Gasteiger partial charge on any atom is -0.309 e. The Kier molecular flexibility index (Phi) is 10.1. The molecule has 2 atom stereocenters. The molecular formula is C59H51N. The maximum Gasteiger partial charge on any atom is 0.0629 e. The van der Waals surface area contributed by atoms with Gasteiger partial charge in [-0.05, 0) is 124 Å². The average Bonchev–Trinajstić information content (AvgIpc) is 3.81. The maximum atomic E-state index is 2.61. The number of rotatable bonds is 10. The summed E-state index contributed by atoms with van der Waals surface area (Å²) < 4.78 is 2.61. The quantitative estimate of drug-likeness (QED) is 0.122. The number of nitrogens with zero attached hydrogens (tertiary/aromatic N) is 1. The summed E-state index contributed by atoms with van der Waals surface area (Å²) in [4.78, 5) is 0. The second-order valence-corrected chi connectivity index (χ2v) is 16.6. The zero-order chi connectivity index (χ0) is 40.6. The highest BCUT2D eigenvalue weighted by Crippen LogP contribution is 2.60. The lowest BCUT2D eigenvalue weighted by Crippen LogP contribution is -2.05. The lowest BCUT2D eigenvalue weighted by Gasteiger charge is -2.23. The van der Waals surface area contributed by atoms with E-state index in [1.54, 1.807) is 0 Å². The van der Waals surface area contributed by atoms with Crippen molar-refractivity contribution in [2.45, 2.75) is 52.4 Å². The number of fused-ring (bicyclic) bond motifs is 7. The first kappa shape index (κ1) is 37.6. The molecule has 1 heteroatoms. The molecular weight excluding hydrogens is 723 g/mol. The first-order valence-electron chi connectivity index (χ1n) is 21.9. The van der Waals surface area contributed by atoms with Crippen LogP contribution in [0.3, 0.4) is 0 Å². The lowest BCUT2D eigenvalue weighted by atomic mass is 9.80. The molecule has 0 fully saturated rings. The van der Waals surface area contributed by atoms with Gasteiger partial charge in [-0.25, -0.2) is 0 Å². The van der Waals surface area contributed by atoms with Crippen LogP contribution in [0.5, 0.6) is 0 Å². The van der Waals surface area contributed by atoms with Gasteiger partial charge in [0.05, 0.1) is 11.0 Å². The molecule has 2 aliphatic rings. The van der Waals surface area contributed by atoms with Gasteiger partial charge in [-0.1, -0.05) is 190 Å². The molecule has 2 aliphatic carbocycles. The van der Waals surface area contributed by atoms with Gasteiger partial charge in [0.25, 0.3) is 0 Å². The second kappa shape index (κ2) is 16.2. The Balaban J connectivity index is 1.30. The van der Waals surface area contributed by atoms with Crippen LogP contribution in [-0.4, -0.2) is 4.57 Å². The largest absolute Gasteiger partial charge is 0.309 e. The van der Waals surface area contributed by atoms with Crippen molar-refractivity contribution >= 4 is 33.0 Å². The predicted molar refractivity (Wildman–Crippen MR) is 258 cm³/mol. The van der Waals surface area contributed by atoms with Crippen LogP contribution in [0.2, 0.25) is 0 Å². The summed E-state index contributed by atoms with van der Waals surface area (Å²) in [5, 5.41) is 2.61. The highest BCUT2D eigenvalue weighted by molar-refractivity contribution is 6.24. The van der Waals surface area contributed by atoms with Crippen molar-refractivity contribution < 1.29 is 0 Å². The lowest BCUT2D eigenvalue weighted by molar-refractivity contribution is 0.697. The van der Waals surface area contributed by atoms with Gasteiger partial charge in [0.2, 0.25) is 0 Å². The van der Waals surface area contributed by atoms with E-state index in [0.717, 1.165) is 25.7 Å². The zero-order valence-electron chi connectivity index (χ0n) is 34.9. The molecule has 0 spiro atoms. The van der Waals surface area contributed by atoms with E-state index >= 15 is 0 Å². The number of allylic oxidation sites excluding steroid dienone is 8. The Hall–Kier alpha value is -6.70. The fourth-order valence-corrected chi connectivity index (χ4v) is 10.1. The number of aromatic nitrogens is 1. The van der Waals surface area contributed by atoms with Crippen molar-refractivity contribution in [1.29, 1.82) is 0 Å². The van der Waals surface area contributed by atoms with Crippen LogP contribution in [0.1, 0.15) is 68.2 Å². The summed E-state index contributed by atoms with van der Waals surface area (Å²) in [6.45, 7) is 6.74. The van der Waals surface area contributed by atoms with E-state index < -0.39 is 0 Å². The monoisotopic (exact) mass is 773 g/mol. The van der Waals surface area contributed by atoms with Crippen molar-refractivity contribution in [3.05, 3.63) is 222 Å². The van der Waals surface area contributed by atoms with E-state index in [9.17, 15) is 0 Å². The molecule has 8 aromatic rings. The van der Waals surface area contributed by atoms with E-state index in [-0.39, 0.29) is 5.92 Å². The predicted octanol–water partition coefficient (Wildman–Crippen LogP) is 16.2. The fourth-order valence-electron chi connectivity index (χ4n) is 10.1. The molecule has 0 saturated heterocycles. The van der Waals surface area contributed by atoms with Gasteiger partial charge < -0.3 is 4.57 Å². The van der Waals surface area contributed by atoms with Crippen LogP contribution in [0.25, 0.3) is 72.0 Å². The Bertz CT molecular complexity index is 2990. The van der Waals surface area contributed by atoms with Crippen molar-refractivity contribution in [1.82, 2.24) is 4.57 Å². The smallest absolute Gasteiger partial charge is 0.0629 e. The van der Waals surface area contributed by atoms with Gasteiger partial charge in [0.15, 0.2) is 0 Å². The number of hydrogen-bond donors (Lipinski definition) is 0. The number of para-hydroxylation sites is 1. The molecule has 0 saturated carbocycles. The Labute approximate surface area is 355 Å². The second-order valence-electron chi connectivity index (χ2n) is 16.6. The van der Waals surface area contributed by atoms with Gasteiger partial charge in [-0.2, -0.15) is 0 Å². The van der Waals surface area contributed by atoms with Crippen LogP contribution in [0, 0.1) is 5.92 Å². The van der Waals surface area contributed by atoms with Gasteiger partial charge >= 0.3 is 0 Å². The third-order valence-electron chi connectivity index (χ3n) is 12.8. The first-order valence-corrected chi connectivity index (χ1v) is 21.9. The molecule has 60 heavy (non-hydrogen) atoms.